The van der Waals surface area contributed by atoms with Crippen molar-refractivity contribution >= 4 is 28.2 Å². The first-order valence-corrected chi connectivity index (χ1v) is 15.9. The van der Waals surface area contributed by atoms with Crippen LogP contribution in [-0.2, 0) is 17.8 Å². The molecule has 1 saturated carbocycles. The molecule has 1 unspecified atom stereocenters. The molecule has 2 aliphatic heterocycles. The molecule has 0 radical (unpaired) electrons. The van der Waals surface area contributed by atoms with Crippen molar-refractivity contribution < 1.29 is 9.53 Å². The van der Waals surface area contributed by atoms with Crippen LogP contribution in [0, 0.1) is 24.2 Å². The Morgan fingerprint density at radius 1 is 1.18 bits per heavy atom. The number of aromatic nitrogens is 2. The van der Waals surface area contributed by atoms with Gasteiger partial charge in [0, 0.05) is 55.4 Å². The number of benzene rings is 2. The van der Waals surface area contributed by atoms with Crippen LogP contribution in [0.2, 0.25) is 0 Å². The molecule has 6 rings (SSSR count). The molecule has 9 nitrogen and oxygen atoms in total. The molecule has 0 bridgehead atoms. The molecule has 3 aromatic rings. The highest BCUT2D eigenvalue weighted by Crippen LogP contribution is 2.36. The van der Waals surface area contributed by atoms with Gasteiger partial charge in [-0.15, -0.1) is 0 Å². The van der Waals surface area contributed by atoms with Gasteiger partial charge in [-0.25, -0.2) is 0 Å². The normalized spacial score (nSPS) is 19.1. The quantitative estimate of drug-likeness (QED) is 0.312. The van der Waals surface area contributed by atoms with Crippen LogP contribution in [0.3, 0.4) is 0 Å². The lowest BCUT2D eigenvalue weighted by Gasteiger charge is -2.42. The molecule has 1 amide bonds. The van der Waals surface area contributed by atoms with E-state index >= 15 is 0 Å². The Bertz CT molecular complexity index is 1570. The van der Waals surface area contributed by atoms with E-state index in [1.165, 1.54) is 40.9 Å². The molecule has 1 saturated heterocycles. The molecule has 1 aromatic heterocycles. The highest BCUT2D eigenvalue weighted by molar-refractivity contribution is 5.97. The fourth-order valence-electron chi connectivity index (χ4n) is 6.63. The average Bonchev–Trinajstić information content (AvgIpc) is 3.86. The molecule has 44 heavy (non-hydrogen) atoms. The summed E-state index contributed by atoms with van der Waals surface area (Å²) in [5.41, 5.74) is 4.58. The first-order chi connectivity index (χ1) is 21.4. The minimum absolute atomic E-state index is 0.135. The van der Waals surface area contributed by atoms with E-state index in [4.69, 9.17) is 14.7 Å². The van der Waals surface area contributed by atoms with E-state index in [2.05, 4.69) is 84.6 Å². The van der Waals surface area contributed by atoms with Crippen LogP contribution in [0.25, 0.3) is 10.8 Å². The summed E-state index contributed by atoms with van der Waals surface area (Å²) in [4.78, 5) is 31.4. The predicted molar refractivity (Wildman–Crippen MR) is 174 cm³/mol. The molecule has 2 fully saturated rings. The van der Waals surface area contributed by atoms with Gasteiger partial charge in [-0.3, -0.25) is 4.79 Å². The summed E-state index contributed by atoms with van der Waals surface area (Å²) in [6.07, 6.45) is 5.03. The summed E-state index contributed by atoms with van der Waals surface area (Å²) >= 11 is 0. The van der Waals surface area contributed by atoms with E-state index in [1.54, 1.807) is 4.90 Å². The van der Waals surface area contributed by atoms with Crippen molar-refractivity contribution in [1.29, 1.82) is 5.26 Å². The fraction of sp³-hybridized carbons (Fsp3) is 0.486. The van der Waals surface area contributed by atoms with E-state index in [9.17, 15) is 10.1 Å². The molecular weight excluding hydrogens is 550 g/mol. The number of likely N-dealkylation sites (N-methyl/N-ethyl adjacent to an activating group) is 1. The molecule has 2 aromatic carbocycles. The Hall–Kier alpha value is -4.16. The van der Waals surface area contributed by atoms with Crippen LogP contribution in [0.15, 0.2) is 49.1 Å². The van der Waals surface area contributed by atoms with Crippen molar-refractivity contribution in [2.24, 2.45) is 5.92 Å². The third-order valence-corrected chi connectivity index (χ3v) is 9.47. The number of nitrogens with zero attached hydrogens (tertiary/aromatic N) is 7. The Morgan fingerprint density at radius 2 is 1.98 bits per heavy atom. The number of nitriles is 1. The summed E-state index contributed by atoms with van der Waals surface area (Å²) < 4.78 is 6.33. The predicted octanol–water partition coefficient (Wildman–Crippen LogP) is 4.73. The number of piperazine rings is 1. The number of ether oxygens (including phenoxy) is 1. The monoisotopic (exact) mass is 593 g/mol. The highest BCUT2D eigenvalue weighted by atomic mass is 16.5. The van der Waals surface area contributed by atoms with Crippen LogP contribution < -0.4 is 14.5 Å². The average molecular weight is 594 g/mol. The van der Waals surface area contributed by atoms with Gasteiger partial charge in [-0.1, -0.05) is 36.9 Å². The molecule has 0 N–H and O–H groups in total. The maximum atomic E-state index is 12.6. The number of amides is 1. The summed E-state index contributed by atoms with van der Waals surface area (Å²) in [5.74, 6) is 1.54. The van der Waals surface area contributed by atoms with Gasteiger partial charge >= 0.3 is 6.01 Å². The second-order valence-corrected chi connectivity index (χ2v) is 12.6. The van der Waals surface area contributed by atoms with Gasteiger partial charge in [0.15, 0.2) is 0 Å². The molecule has 1 aliphatic carbocycles. The lowest BCUT2D eigenvalue weighted by molar-refractivity contribution is -0.128. The van der Waals surface area contributed by atoms with Crippen molar-refractivity contribution in [2.75, 3.05) is 56.2 Å². The number of aryl methyl sites for hydroxylation is 1. The summed E-state index contributed by atoms with van der Waals surface area (Å²) in [5, 5.41) is 12.1. The van der Waals surface area contributed by atoms with E-state index in [0.717, 1.165) is 42.5 Å². The van der Waals surface area contributed by atoms with Crippen molar-refractivity contribution in [3.05, 3.63) is 65.9 Å². The van der Waals surface area contributed by atoms with Gasteiger partial charge in [0.1, 0.15) is 12.4 Å². The molecule has 3 aliphatic rings. The van der Waals surface area contributed by atoms with Gasteiger partial charge < -0.3 is 24.3 Å². The Balaban J connectivity index is 1.31. The minimum Gasteiger partial charge on any atom is -0.462 e. The molecule has 9 heteroatoms. The topological polar surface area (TPSA) is 88.8 Å². The van der Waals surface area contributed by atoms with E-state index in [-0.39, 0.29) is 24.4 Å². The zero-order valence-electron chi connectivity index (χ0n) is 26.2. The fourth-order valence-corrected chi connectivity index (χ4v) is 6.63. The maximum absolute atomic E-state index is 12.6. The van der Waals surface area contributed by atoms with Crippen molar-refractivity contribution in [1.82, 2.24) is 19.8 Å². The molecule has 3 heterocycles. The standard InChI is InChI=1S/C35H43N7O2/c1-5-32(43)42-19-18-41(21-28(42)14-16-36)34-29-15-17-40(31-11-7-10-27-9-6-8-24(2)33(27)31)22-30(29)37-35(38-34)44-23-25(3)39(4)20-26-12-13-26/h5-11,25-26,28H,1,12-15,17-23H2,2-4H3/t25-,28?/m0/s1. The third kappa shape index (κ3) is 6.22. The van der Waals surface area contributed by atoms with Crippen molar-refractivity contribution in [2.45, 2.75) is 58.2 Å². The second-order valence-electron chi connectivity index (χ2n) is 12.6. The smallest absolute Gasteiger partial charge is 0.318 e. The van der Waals surface area contributed by atoms with Crippen LogP contribution in [-0.4, -0.2) is 84.1 Å². The van der Waals surface area contributed by atoms with E-state index in [1.807, 2.05) is 0 Å². The number of hydrogen-bond donors (Lipinski definition) is 0. The SMILES string of the molecule is C=CC(=O)N1CCN(c2nc(OC[C@H](C)N(C)CC3CC3)nc3c2CCN(c2cccc4cccc(C)c24)C3)CC1CC#N. The largest absolute Gasteiger partial charge is 0.462 e. The van der Waals surface area contributed by atoms with E-state index in [0.29, 0.717) is 38.8 Å². The maximum Gasteiger partial charge on any atom is 0.318 e. The van der Waals surface area contributed by atoms with Crippen LogP contribution >= 0.6 is 0 Å². The van der Waals surface area contributed by atoms with Gasteiger partial charge in [-0.05, 0) is 69.2 Å². The van der Waals surface area contributed by atoms with Gasteiger partial charge in [0.25, 0.3) is 0 Å². The zero-order valence-corrected chi connectivity index (χ0v) is 26.2. The Morgan fingerprint density at radius 3 is 2.73 bits per heavy atom. The van der Waals surface area contributed by atoms with Gasteiger partial charge in [-0.2, -0.15) is 15.2 Å². The van der Waals surface area contributed by atoms with Crippen molar-refractivity contribution in [3.8, 4) is 12.1 Å². The lowest BCUT2D eigenvalue weighted by atomic mass is 9.99. The number of rotatable bonds is 10. The summed E-state index contributed by atoms with van der Waals surface area (Å²) in [6, 6.07) is 15.6. The number of carbonyl (C=O) groups is 1. The van der Waals surface area contributed by atoms with Crippen LogP contribution in [0.5, 0.6) is 6.01 Å². The van der Waals surface area contributed by atoms with Crippen molar-refractivity contribution in [3.63, 3.8) is 0 Å². The molecule has 230 valence electrons. The molecular formula is C35H43N7O2. The Kier molecular flexibility index (Phi) is 8.72. The lowest BCUT2D eigenvalue weighted by Crippen LogP contribution is -2.55. The number of anilines is 2. The third-order valence-electron chi connectivity index (χ3n) is 9.47. The second kappa shape index (κ2) is 12.8. The van der Waals surface area contributed by atoms with Gasteiger partial charge in [0.2, 0.25) is 5.91 Å². The van der Waals surface area contributed by atoms with Crippen LogP contribution in [0.1, 0.15) is 43.0 Å². The summed E-state index contributed by atoms with van der Waals surface area (Å²) in [7, 11) is 2.16. The molecule has 0 spiro atoms. The highest BCUT2D eigenvalue weighted by Gasteiger charge is 2.33. The number of hydrogen-bond acceptors (Lipinski definition) is 8. The number of carbonyl (C=O) groups excluding carboxylic acids is 1. The van der Waals surface area contributed by atoms with Crippen LogP contribution in [0.4, 0.5) is 11.5 Å². The molecule has 2 atom stereocenters. The minimum atomic E-state index is -0.232. The first kappa shape index (κ1) is 29.9. The zero-order chi connectivity index (χ0) is 30.8. The number of fused-ring (bicyclic) bond motifs is 2. The Labute approximate surface area is 260 Å². The van der Waals surface area contributed by atoms with Gasteiger partial charge in [0.05, 0.1) is 30.8 Å². The summed E-state index contributed by atoms with van der Waals surface area (Å²) in [6.45, 7) is 12.8. The first-order valence-electron chi connectivity index (χ1n) is 15.9. The van der Waals surface area contributed by atoms with E-state index < -0.39 is 0 Å².